The first-order chi connectivity index (χ1) is 6.94. The van der Waals surface area contributed by atoms with Crippen LogP contribution in [0, 0.1) is 0 Å². The molecular weight excluding hydrogens is 197 g/mol. The quantitative estimate of drug-likeness (QED) is 0.773. The molecular formula is C11H12FNO2. The van der Waals surface area contributed by atoms with Gasteiger partial charge in [-0.15, -0.1) is 0 Å². The predicted molar refractivity (Wildman–Crippen MR) is 55.3 cm³/mol. The number of anilines is 1. The molecule has 15 heavy (non-hydrogen) atoms. The molecule has 0 aliphatic rings. The number of halogens is 1. The summed E-state index contributed by atoms with van der Waals surface area (Å²) in [5.41, 5.74) is -2.01. The molecule has 1 aromatic carbocycles. The Bertz CT molecular complexity index is 373. The van der Waals surface area contributed by atoms with Crippen LogP contribution in [0.2, 0.25) is 0 Å². The fourth-order valence-electron chi connectivity index (χ4n) is 0.930. The lowest BCUT2D eigenvalue weighted by atomic mass is 10.0. The van der Waals surface area contributed by atoms with Crippen LogP contribution in [0.4, 0.5) is 10.1 Å². The molecule has 0 aliphatic heterocycles. The van der Waals surface area contributed by atoms with E-state index in [0.717, 1.165) is 13.8 Å². The summed E-state index contributed by atoms with van der Waals surface area (Å²) in [5, 5.41) is 2.33. The number of hydrogen-bond acceptors (Lipinski definition) is 2. The summed E-state index contributed by atoms with van der Waals surface area (Å²) in [6.45, 7) is 2.00. The lowest BCUT2D eigenvalue weighted by Gasteiger charge is -2.16. The SMILES string of the molecule is CC(=O)[C@@](C)(F)C(=O)Nc1ccccc1. The fourth-order valence-corrected chi connectivity index (χ4v) is 0.930. The number of nitrogens with one attached hydrogen (secondary N) is 1. The van der Waals surface area contributed by atoms with Gasteiger partial charge in [0.25, 0.3) is 5.91 Å². The first-order valence-corrected chi connectivity index (χ1v) is 4.51. The zero-order valence-electron chi connectivity index (χ0n) is 8.58. The van der Waals surface area contributed by atoms with Crippen LogP contribution in [-0.4, -0.2) is 17.4 Å². The number of ketones is 1. The van der Waals surface area contributed by atoms with Crippen molar-refractivity contribution < 1.29 is 14.0 Å². The second kappa shape index (κ2) is 4.21. The second-order valence-corrected chi connectivity index (χ2v) is 3.38. The van der Waals surface area contributed by atoms with Gasteiger partial charge in [-0.1, -0.05) is 18.2 Å². The third-order valence-electron chi connectivity index (χ3n) is 2.12. The smallest absolute Gasteiger partial charge is 0.269 e. The van der Waals surface area contributed by atoms with E-state index in [1.807, 2.05) is 0 Å². The molecule has 4 heteroatoms. The van der Waals surface area contributed by atoms with E-state index >= 15 is 0 Å². The van der Waals surface area contributed by atoms with Gasteiger partial charge in [-0.3, -0.25) is 9.59 Å². The van der Waals surface area contributed by atoms with Gasteiger partial charge in [0.15, 0.2) is 5.78 Å². The number of alkyl halides is 1. The largest absolute Gasteiger partial charge is 0.323 e. The molecule has 0 fully saturated rings. The topological polar surface area (TPSA) is 46.2 Å². The summed E-state index contributed by atoms with van der Waals surface area (Å²) in [5.74, 6) is -1.75. The highest BCUT2D eigenvalue weighted by Crippen LogP contribution is 2.15. The lowest BCUT2D eigenvalue weighted by molar-refractivity contribution is -0.138. The molecule has 3 nitrogen and oxygen atoms in total. The molecule has 0 unspecified atom stereocenters. The van der Waals surface area contributed by atoms with Gasteiger partial charge in [0.2, 0.25) is 5.67 Å². The first-order valence-electron chi connectivity index (χ1n) is 4.51. The van der Waals surface area contributed by atoms with Crippen LogP contribution in [0.5, 0.6) is 0 Å². The van der Waals surface area contributed by atoms with Crippen molar-refractivity contribution in [1.82, 2.24) is 0 Å². The summed E-state index contributed by atoms with van der Waals surface area (Å²) in [6.07, 6.45) is 0. The number of benzene rings is 1. The van der Waals surface area contributed by atoms with Gasteiger partial charge >= 0.3 is 0 Å². The highest BCUT2D eigenvalue weighted by molar-refractivity contribution is 6.13. The van der Waals surface area contributed by atoms with Gasteiger partial charge in [0, 0.05) is 5.69 Å². The maximum Gasteiger partial charge on any atom is 0.269 e. The number of Topliss-reactive ketones (excluding diaryl/α,β-unsaturated/α-hetero) is 1. The molecule has 1 atom stereocenters. The summed E-state index contributed by atoms with van der Waals surface area (Å²) in [6, 6.07) is 8.43. The molecule has 0 heterocycles. The normalized spacial score (nSPS) is 14.1. The Labute approximate surface area is 87.3 Å². The van der Waals surface area contributed by atoms with Crippen LogP contribution in [-0.2, 0) is 9.59 Å². The van der Waals surface area contributed by atoms with E-state index in [9.17, 15) is 14.0 Å². The third-order valence-corrected chi connectivity index (χ3v) is 2.12. The second-order valence-electron chi connectivity index (χ2n) is 3.38. The van der Waals surface area contributed by atoms with E-state index in [4.69, 9.17) is 0 Å². The Morgan fingerprint density at radius 1 is 1.27 bits per heavy atom. The summed E-state index contributed by atoms with van der Waals surface area (Å²) >= 11 is 0. The van der Waals surface area contributed by atoms with Crippen LogP contribution < -0.4 is 5.32 Å². The van der Waals surface area contributed by atoms with Gasteiger partial charge in [0.1, 0.15) is 0 Å². The number of carbonyl (C=O) groups excluding carboxylic acids is 2. The first kappa shape index (κ1) is 11.4. The monoisotopic (exact) mass is 209 g/mol. The van der Waals surface area contributed by atoms with Crippen molar-refractivity contribution in [3.63, 3.8) is 0 Å². The molecule has 1 aromatic rings. The van der Waals surface area contributed by atoms with Crippen LogP contribution in [0.3, 0.4) is 0 Å². The molecule has 1 amide bonds. The van der Waals surface area contributed by atoms with E-state index in [2.05, 4.69) is 5.32 Å². The average molecular weight is 209 g/mol. The minimum atomic E-state index is -2.48. The van der Waals surface area contributed by atoms with Crippen molar-refractivity contribution in [2.45, 2.75) is 19.5 Å². The zero-order valence-corrected chi connectivity index (χ0v) is 8.58. The number of carbonyl (C=O) groups is 2. The molecule has 1 rings (SSSR count). The van der Waals surface area contributed by atoms with E-state index in [-0.39, 0.29) is 0 Å². The fraction of sp³-hybridized carbons (Fsp3) is 0.273. The van der Waals surface area contributed by atoms with Crippen molar-refractivity contribution in [2.24, 2.45) is 0 Å². The van der Waals surface area contributed by atoms with Crippen molar-refractivity contribution in [3.8, 4) is 0 Å². The minimum absolute atomic E-state index is 0.465. The van der Waals surface area contributed by atoms with Gasteiger partial charge in [-0.25, -0.2) is 4.39 Å². The lowest BCUT2D eigenvalue weighted by Crippen LogP contribution is -2.41. The average Bonchev–Trinajstić information content (AvgIpc) is 2.18. The van der Waals surface area contributed by atoms with Gasteiger partial charge < -0.3 is 5.32 Å². The summed E-state index contributed by atoms with van der Waals surface area (Å²) < 4.78 is 13.5. The van der Waals surface area contributed by atoms with E-state index in [0.29, 0.717) is 5.69 Å². The Morgan fingerprint density at radius 2 is 1.80 bits per heavy atom. The highest BCUT2D eigenvalue weighted by atomic mass is 19.1. The number of amides is 1. The number of rotatable bonds is 3. The maximum atomic E-state index is 13.5. The van der Waals surface area contributed by atoms with Crippen LogP contribution in [0.15, 0.2) is 30.3 Å². The predicted octanol–water partition coefficient (Wildman–Crippen LogP) is 1.94. The molecule has 1 N–H and O–H groups in total. The van der Waals surface area contributed by atoms with Crippen LogP contribution in [0.1, 0.15) is 13.8 Å². The summed E-state index contributed by atoms with van der Waals surface area (Å²) in [7, 11) is 0. The van der Waals surface area contributed by atoms with E-state index in [1.54, 1.807) is 30.3 Å². The number of para-hydroxylation sites is 1. The Kier molecular flexibility index (Phi) is 3.19. The highest BCUT2D eigenvalue weighted by Gasteiger charge is 2.38. The van der Waals surface area contributed by atoms with Crippen molar-refractivity contribution in [2.75, 3.05) is 5.32 Å². The molecule has 0 saturated heterocycles. The van der Waals surface area contributed by atoms with Crippen LogP contribution in [0.25, 0.3) is 0 Å². The van der Waals surface area contributed by atoms with Crippen LogP contribution >= 0.6 is 0 Å². The zero-order chi connectivity index (χ0) is 11.5. The minimum Gasteiger partial charge on any atom is -0.323 e. The van der Waals surface area contributed by atoms with Gasteiger partial charge in [-0.2, -0.15) is 0 Å². The van der Waals surface area contributed by atoms with E-state index < -0.39 is 17.4 Å². The molecule has 80 valence electrons. The number of hydrogen-bond donors (Lipinski definition) is 1. The molecule has 0 spiro atoms. The van der Waals surface area contributed by atoms with Crippen molar-refractivity contribution in [1.29, 1.82) is 0 Å². The van der Waals surface area contributed by atoms with Crippen molar-refractivity contribution >= 4 is 17.4 Å². The molecule has 0 aromatic heterocycles. The molecule has 0 radical (unpaired) electrons. The molecule has 0 bridgehead atoms. The standard InChI is InChI=1S/C11H12FNO2/c1-8(14)11(2,12)10(15)13-9-6-4-3-5-7-9/h3-7H,1-2H3,(H,13,15)/t11-/m1/s1. The Morgan fingerprint density at radius 3 is 2.27 bits per heavy atom. The van der Waals surface area contributed by atoms with E-state index in [1.165, 1.54) is 0 Å². The van der Waals surface area contributed by atoms with Crippen molar-refractivity contribution in [3.05, 3.63) is 30.3 Å². The molecule has 0 aliphatic carbocycles. The Balaban J connectivity index is 2.77. The maximum absolute atomic E-state index is 13.5. The Hall–Kier alpha value is -1.71. The van der Waals surface area contributed by atoms with Gasteiger partial charge in [0.05, 0.1) is 0 Å². The summed E-state index contributed by atoms with van der Waals surface area (Å²) in [4.78, 5) is 22.2. The molecule has 0 saturated carbocycles. The van der Waals surface area contributed by atoms with Gasteiger partial charge in [-0.05, 0) is 26.0 Å². The third kappa shape index (κ3) is 2.62.